The smallest absolute Gasteiger partial charge is 0.00670 e. The zero-order valence-electron chi connectivity index (χ0n) is 10.8. The predicted molar refractivity (Wildman–Crippen MR) is 82.5 cm³/mol. The minimum Gasteiger partial charge on any atom is -0.0616 e. The van der Waals surface area contributed by atoms with Crippen molar-refractivity contribution >= 4 is 32.3 Å². The maximum atomic E-state index is 3.43. The second kappa shape index (κ2) is 3.83. The van der Waals surface area contributed by atoms with E-state index >= 15 is 0 Å². The van der Waals surface area contributed by atoms with Crippen LogP contribution in [-0.2, 0) is 0 Å². The highest BCUT2D eigenvalue weighted by Crippen LogP contribution is 2.31. The van der Waals surface area contributed by atoms with E-state index in [-0.39, 0.29) is 0 Å². The van der Waals surface area contributed by atoms with Gasteiger partial charge in [0, 0.05) is 0 Å². The fraction of sp³-hybridized carbons (Fsp3) is 0.0526. The summed E-state index contributed by atoms with van der Waals surface area (Å²) in [5.74, 6) is 0. The summed E-state index contributed by atoms with van der Waals surface area (Å²) in [6.07, 6.45) is 0. The molecule has 0 nitrogen and oxygen atoms in total. The summed E-state index contributed by atoms with van der Waals surface area (Å²) in [4.78, 5) is 0. The van der Waals surface area contributed by atoms with Crippen LogP contribution in [0.3, 0.4) is 0 Å². The van der Waals surface area contributed by atoms with E-state index in [9.17, 15) is 0 Å². The van der Waals surface area contributed by atoms with E-state index in [4.69, 9.17) is 0 Å². The highest BCUT2D eigenvalue weighted by Gasteiger charge is 2.04. The maximum absolute atomic E-state index is 3.43. The summed E-state index contributed by atoms with van der Waals surface area (Å²) in [7, 11) is 0. The molecule has 0 spiro atoms. The van der Waals surface area contributed by atoms with Crippen LogP contribution in [0.5, 0.6) is 0 Å². The molecule has 0 atom stereocenters. The normalized spacial score (nSPS) is 11.4. The van der Waals surface area contributed by atoms with Crippen LogP contribution < -0.4 is 0 Å². The van der Waals surface area contributed by atoms with Gasteiger partial charge in [0.15, 0.2) is 0 Å². The molecule has 0 aromatic heterocycles. The Morgan fingerprint density at radius 1 is 0.632 bits per heavy atom. The van der Waals surface area contributed by atoms with Gasteiger partial charge in [-0.2, -0.15) is 0 Å². The topological polar surface area (TPSA) is 0 Å². The maximum Gasteiger partial charge on any atom is -0.00670 e. The van der Waals surface area contributed by atoms with Crippen molar-refractivity contribution in [2.75, 3.05) is 0 Å². The Kier molecular flexibility index (Phi) is 2.13. The first-order chi connectivity index (χ1) is 9.33. The summed E-state index contributed by atoms with van der Waals surface area (Å²) in [5, 5.41) is 7.74. The molecule has 0 heteroatoms. The second-order valence-corrected chi connectivity index (χ2v) is 5.05. The molecule has 19 heavy (non-hydrogen) atoms. The number of hydrogen-bond acceptors (Lipinski definition) is 0. The lowest BCUT2D eigenvalue weighted by molar-refractivity contribution is 1.50. The van der Waals surface area contributed by atoms with Crippen molar-refractivity contribution in [1.29, 1.82) is 0 Å². The Labute approximate surface area is 112 Å². The van der Waals surface area contributed by atoms with Crippen LogP contribution in [-0.4, -0.2) is 0 Å². The van der Waals surface area contributed by atoms with Gasteiger partial charge in [0.05, 0.1) is 0 Å². The molecule has 0 heterocycles. The highest BCUT2D eigenvalue weighted by molar-refractivity contribution is 6.17. The van der Waals surface area contributed by atoms with Crippen LogP contribution in [0.25, 0.3) is 32.3 Å². The quantitative estimate of drug-likeness (QED) is 0.369. The van der Waals surface area contributed by atoms with Crippen LogP contribution in [0.2, 0.25) is 0 Å². The van der Waals surface area contributed by atoms with Crippen molar-refractivity contribution in [3.05, 3.63) is 72.3 Å². The Bertz CT molecular complexity index is 917. The molecule has 89 valence electrons. The summed E-state index contributed by atoms with van der Waals surface area (Å²) >= 11 is 0. The molecule has 0 aliphatic rings. The van der Waals surface area contributed by atoms with Gasteiger partial charge in [-0.3, -0.25) is 0 Å². The Hall–Kier alpha value is -2.34. The lowest BCUT2D eigenvalue weighted by Gasteiger charge is -2.07. The third kappa shape index (κ3) is 1.53. The van der Waals surface area contributed by atoms with Crippen molar-refractivity contribution < 1.29 is 0 Å². The number of fused-ring (bicyclic) bond motifs is 5. The summed E-state index contributed by atoms with van der Waals surface area (Å²) in [6.45, 7) is 2.09. The number of aryl methyl sites for hydroxylation is 1. The minimum absolute atomic E-state index is 1.19. The summed E-state index contributed by atoms with van der Waals surface area (Å²) in [6, 6.07) is 25.2. The molecule has 4 rings (SSSR count). The van der Waals surface area contributed by atoms with Crippen molar-refractivity contribution in [2.45, 2.75) is 6.92 Å². The van der Waals surface area contributed by atoms with Crippen molar-refractivity contribution in [2.24, 2.45) is 0 Å². The molecule has 4 aromatic carbocycles. The molecule has 0 fully saturated rings. The van der Waals surface area contributed by atoms with E-state index in [1.165, 1.54) is 37.9 Å². The zero-order chi connectivity index (χ0) is 12.8. The van der Waals surface area contributed by atoms with Gasteiger partial charge in [-0.15, -0.1) is 0 Å². The van der Waals surface area contributed by atoms with Gasteiger partial charge in [-0.25, -0.2) is 0 Å². The first kappa shape index (κ1) is 10.6. The first-order valence-electron chi connectivity index (χ1n) is 6.56. The molecular weight excluding hydrogens is 228 g/mol. The van der Waals surface area contributed by atoms with Gasteiger partial charge in [-0.05, 0) is 50.9 Å². The monoisotopic (exact) mass is 241 g/mol. The van der Waals surface area contributed by atoms with Gasteiger partial charge in [0.25, 0.3) is 0 Å². The molecule has 0 saturated heterocycles. The molecule has 1 radical (unpaired) electrons. The second-order valence-electron chi connectivity index (χ2n) is 5.05. The molecule has 0 unspecified atom stereocenters. The average molecular weight is 241 g/mol. The van der Waals surface area contributed by atoms with Gasteiger partial charge >= 0.3 is 0 Å². The Morgan fingerprint density at radius 2 is 1.37 bits per heavy atom. The predicted octanol–water partition coefficient (Wildman–Crippen LogP) is 5.25. The molecule has 0 saturated carbocycles. The van der Waals surface area contributed by atoms with E-state index < -0.39 is 0 Å². The first-order valence-corrected chi connectivity index (χ1v) is 6.56. The summed E-state index contributed by atoms with van der Waals surface area (Å²) in [5.41, 5.74) is 1.19. The number of hydrogen-bond donors (Lipinski definition) is 0. The lowest BCUT2D eigenvalue weighted by atomic mass is 9.96. The SMILES string of the molecule is Cc1[c]c2ccc3c4ccccc4ccc3c2cc1. The molecule has 4 aromatic rings. The van der Waals surface area contributed by atoms with E-state index in [1.54, 1.807) is 0 Å². The lowest BCUT2D eigenvalue weighted by Crippen LogP contribution is -1.81. The zero-order valence-corrected chi connectivity index (χ0v) is 10.8. The molecule has 0 amide bonds. The summed E-state index contributed by atoms with van der Waals surface area (Å²) < 4.78 is 0. The Morgan fingerprint density at radius 3 is 2.32 bits per heavy atom. The van der Waals surface area contributed by atoms with Gasteiger partial charge < -0.3 is 0 Å². The van der Waals surface area contributed by atoms with Crippen LogP contribution in [0, 0.1) is 13.0 Å². The van der Waals surface area contributed by atoms with Crippen LogP contribution in [0.1, 0.15) is 5.56 Å². The highest BCUT2D eigenvalue weighted by atomic mass is 14.1. The van der Waals surface area contributed by atoms with Crippen molar-refractivity contribution in [3.8, 4) is 0 Å². The van der Waals surface area contributed by atoms with Crippen LogP contribution >= 0.6 is 0 Å². The largest absolute Gasteiger partial charge is 0.0616 e. The van der Waals surface area contributed by atoms with E-state index in [0.29, 0.717) is 0 Å². The van der Waals surface area contributed by atoms with Crippen LogP contribution in [0.4, 0.5) is 0 Å². The third-order valence-corrected chi connectivity index (χ3v) is 3.80. The number of benzene rings is 4. The fourth-order valence-corrected chi connectivity index (χ4v) is 2.86. The van der Waals surface area contributed by atoms with E-state index in [2.05, 4.69) is 73.7 Å². The molecule has 0 aliphatic heterocycles. The average Bonchev–Trinajstić information content (AvgIpc) is 2.46. The molecule has 0 bridgehead atoms. The minimum atomic E-state index is 1.19. The van der Waals surface area contributed by atoms with Gasteiger partial charge in [0.1, 0.15) is 0 Å². The molecule has 0 N–H and O–H groups in total. The van der Waals surface area contributed by atoms with E-state index in [1.807, 2.05) is 0 Å². The fourth-order valence-electron chi connectivity index (χ4n) is 2.86. The van der Waals surface area contributed by atoms with Crippen molar-refractivity contribution in [3.63, 3.8) is 0 Å². The third-order valence-electron chi connectivity index (χ3n) is 3.80. The molecular formula is C19H13. The van der Waals surface area contributed by atoms with Crippen LogP contribution in [0.15, 0.2) is 60.7 Å². The van der Waals surface area contributed by atoms with Gasteiger partial charge in [0.2, 0.25) is 0 Å². The van der Waals surface area contributed by atoms with Gasteiger partial charge in [-0.1, -0.05) is 60.7 Å². The molecule has 0 aliphatic carbocycles. The van der Waals surface area contributed by atoms with Crippen molar-refractivity contribution in [1.82, 2.24) is 0 Å². The van der Waals surface area contributed by atoms with E-state index in [0.717, 1.165) is 0 Å². The number of rotatable bonds is 0. The Balaban J connectivity index is 2.26. The standard InChI is InChI=1S/C19H13/c1-13-6-9-17-15(12-13)8-11-18-16-5-3-2-4-14(16)7-10-19(17)18/h2-11H,1H3.